The molecule has 0 saturated carbocycles. The Balaban J connectivity index is 1.89. The largest absolute Gasteiger partial charge is 0.378 e. The van der Waals surface area contributed by atoms with Gasteiger partial charge < -0.3 is 20.8 Å². The number of thiazole rings is 1. The quantitative estimate of drug-likeness (QED) is 0.649. The lowest BCUT2D eigenvalue weighted by atomic mass is 10.1. The van der Waals surface area contributed by atoms with Gasteiger partial charge in [-0.15, -0.1) is 0 Å². The van der Waals surface area contributed by atoms with E-state index in [1.807, 2.05) is 0 Å². The minimum Gasteiger partial charge on any atom is -0.378 e. The SMILES string of the molecule is CC(=O)c1ccc(Nc2c(N3CCOCC3)sc(=O)n2N)cc1. The van der Waals surface area contributed by atoms with Crippen LogP contribution >= 0.6 is 11.3 Å². The van der Waals surface area contributed by atoms with Gasteiger partial charge in [-0.2, -0.15) is 4.68 Å². The fraction of sp³-hybridized carbons (Fsp3) is 0.333. The fourth-order valence-corrected chi connectivity index (χ4v) is 3.31. The van der Waals surface area contributed by atoms with Crippen LogP contribution in [0.3, 0.4) is 0 Å². The van der Waals surface area contributed by atoms with Gasteiger partial charge in [-0.1, -0.05) is 11.3 Å². The van der Waals surface area contributed by atoms with E-state index in [4.69, 9.17) is 10.6 Å². The number of hydrogen-bond acceptors (Lipinski definition) is 7. The van der Waals surface area contributed by atoms with Crippen LogP contribution in [0.2, 0.25) is 0 Å². The molecule has 1 fully saturated rings. The van der Waals surface area contributed by atoms with Crippen LogP contribution in [0.5, 0.6) is 0 Å². The first kappa shape index (κ1) is 15.6. The summed E-state index contributed by atoms with van der Waals surface area (Å²) in [6.45, 7) is 4.22. The van der Waals surface area contributed by atoms with Crippen LogP contribution < -0.4 is 20.9 Å². The fourth-order valence-electron chi connectivity index (χ4n) is 2.39. The van der Waals surface area contributed by atoms with Gasteiger partial charge in [0.25, 0.3) is 0 Å². The van der Waals surface area contributed by atoms with Gasteiger partial charge in [0.2, 0.25) is 0 Å². The minimum atomic E-state index is -0.227. The molecule has 1 aliphatic rings. The van der Waals surface area contributed by atoms with Crippen LogP contribution in [0.4, 0.5) is 16.5 Å². The number of morpholine rings is 1. The highest BCUT2D eigenvalue weighted by molar-refractivity contribution is 7.14. The zero-order chi connectivity index (χ0) is 16.4. The van der Waals surface area contributed by atoms with E-state index < -0.39 is 0 Å². The van der Waals surface area contributed by atoms with E-state index in [9.17, 15) is 9.59 Å². The summed E-state index contributed by atoms with van der Waals surface area (Å²) in [6.07, 6.45) is 0. The Morgan fingerprint density at radius 2 is 1.91 bits per heavy atom. The van der Waals surface area contributed by atoms with E-state index >= 15 is 0 Å². The molecule has 1 aliphatic heterocycles. The monoisotopic (exact) mass is 334 g/mol. The van der Waals surface area contributed by atoms with Gasteiger partial charge in [0.1, 0.15) is 5.00 Å². The molecule has 8 heteroatoms. The standard InChI is InChI=1S/C15H18N4O3S/c1-10(20)11-2-4-12(5-3-11)17-13-14(23-15(21)19(13)16)18-6-8-22-9-7-18/h2-5,17H,6-9,16H2,1H3. The average molecular weight is 334 g/mol. The Bertz CT molecular complexity index is 760. The zero-order valence-electron chi connectivity index (χ0n) is 12.7. The second kappa shape index (κ2) is 6.43. The molecule has 3 N–H and O–H groups in total. The van der Waals surface area contributed by atoms with Crippen LogP contribution in [0, 0.1) is 0 Å². The summed E-state index contributed by atoms with van der Waals surface area (Å²) in [5.74, 6) is 6.44. The molecule has 0 atom stereocenters. The van der Waals surface area contributed by atoms with Crippen molar-refractivity contribution in [3.05, 3.63) is 39.5 Å². The molecule has 1 aromatic heterocycles. The maximum Gasteiger partial charge on any atom is 0.329 e. The topological polar surface area (TPSA) is 89.6 Å². The van der Waals surface area contributed by atoms with Crippen LogP contribution in [0.1, 0.15) is 17.3 Å². The van der Waals surface area contributed by atoms with E-state index in [1.54, 1.807) is 24.3 Å². The van der Waals surface area contributed by atoms with Crippen LogP contribution in [-0.4, -0.2) is 36.8 Å². The number of carbonyl (C=O) groups is 1. The average Bonchev–Trinajstić information content (AvgIpc) is 2.84. The van der Waals surface area contributed by atoms with Crippen molar-refractivity contribution in [2.75, 3.05) is 42.4 Å². The number of nitrogens with two attached hydrogens (primary N) is 1. The Morgan fingerprint density at radius 1 is 1.26 bits per heavy atom. The second-order valence-electron chi connectivity index (χ2n) is 5.25. The molecule has 2 heterocycles. The smallest absolute Gasteiger partial charge is 0.329 e. The van der Waals surface area contributed by atoms with E-state index in [2.05, 4.69) is 10.2 Å². The number of ether oxygens (including phenoxy) is 1. The van der Waals surface area contributed by atoms with Crippen molar-refractivity contribution in [1.29, 1.82) is 0 Å². The number of hydrogen-bond donors (Lipinski definition) is 2. The number of Topliss-reactive ketones (excluding diaryl/α,β-unsaturated/α-hetero) is 1. The molecule has 1 aromatic carbocycles. The third-order valence-electron chi connectivity index (χ3n) is 3.68. The molecular weight excluding hydrogens is 316 g/mol. The van der Waals surface area contributed by atoms with Gasteiger partial charge in [-0.25, -0.2) is 0 Å². The van der Waals surface area contributed by atoms with E-state index in [0.717, 1.165) is 39.8 Å². The number of rotatable bonds is 4. The molecule has 7 nitrogen and oxygen atoms in total. The van der Waals surface area contributed by atoms with Crippen LogP contribution in [-0.2, 0) is 4.74 Å². The van der Waals surface area contributed by atoms with Crippen molar-refractivity contribution in [2.24, 2.45) is 0 Å². The predicted molar refractivity (Wildman–Crippen MR) is 91.5 cm³/mol. The molecule has 3 rings (SSSR count). The van der Waals surface area contributed by atoms with Crippen molar-refractivity contribution in [1.82, 2.24) is 4.68 Å². The Labute approximate surface area is 137 Å². The van der Waals surface area contributed by atoms with Crippen molar-refractivity contribution in [3.63, 3.8) is 0 Å². The highest BCUT2D eigenvalue weighted by Gasteiger charge is 2.21. The molecule has 0 aliphatic carbocycles. The molecule has 0 spiro atoms. The molecule has 1 saturated heterocycles. The summed E-state index contributed by atoms with van der Waals surface area (Å²) < 4.78 is 6.47. The number of ketones is 1. The summed E-state index contributed by atoms with van der Waals surface area (Å²) in [6, 6.07) is 7.07. The molecule has 23 heavy (non-hydrogen) atoms. The molecule has 0 bridgehead atoms. The van der Waals surface area contributed by atoms with Gasteiger partial charge in [-0.05, 0) is 31.2 Å². The summed E-state index contributed by atoms with van der Waals surface area (Å²) >= 11 is 1.11. The first-order chi connectivity index (χ1) is 11.1. The number of benzene rings is 1. The van der Waals surface area contributed by atoms with Gasteiger partial charge in [0.15, 0.2) is 11.6 Å². The van der Waals surface area contributed by atoms with Crippen LogP contribution in [0.15, 0.2) is 29.1 Å². The lowest BCUT2D eigenvalue weighted by Crippen LogP contribution is -2.36. The number of aromatic nitrogens is 1. The summed E-state index contributed by atoms with van der Waals surface area (Å²) in [5.41, 5.74) is 1.40. The molecular formula is C15H18N4O3S. The summed E-state index contributed by atoms with van der Waals surface area (Å²) in [4.78, 5) is 25.1. The first-order valence-electron chi connectivity index (χ1n) is 7.28. The van der Waals surface area contributed by atoms with Gasteiger partial charge >= 0.3 is 4.87 Å². The molecule has 0 unspecified atom stereocenters. The highest BCUT2D eigenvalue weighted by Crippen LogP contribution is 2.31. The number of nitrogen functional groups attached to an aromatic ring is 1. The Morgan fingerprint density at radius 3 is 2.52 bits per heavy atom. The van der Waals surface area contributed by atoms with Crippen molar-refractivity contribution < 1.29 is 9.53 Å². The van der Waals surface area contributed by atoms with E-state index in [-0.39, 0.29) is 10.7 Å². The molecule has 122 valence electrons. The molecule has 0 amide bonds. The Kier molecular flexibility index (Phi) is 4.35. The molecule has 2 aromatic rings. The Hall–Kier alpha value is -2.32. The number of anilines is 3. The van der Waals surface area contributed by atoms with Gasteiger partial charge in [0, 0.05) is 24.3 Å². The number of carbonyl (C=O) groups excluding carboxylic acids is 1. The third-order valence-corrected chi connectivity index (χ3v) is 4.69. The zero-order valence-corrected chi connectivity index (χ0v) is 13.6. The first-order valence-corrected chi connectivity index (χ1v) is 8.09. The van der Waals surface area contributed by atoms with Crippen molar-refractivity contribution in [3.8, 4) is 0 Å². The van der Waals surface area contributed by atoms with E-state index in [1.165, 1.54) is 6.92 Å². The van der Waals surface area contributed by atoms with Crippen molar-refractivity contribution in [2.45, 2.75) is 6.92 Å². The second-order valence-corrected chi connectivity index (χ2v) is 6.19. The van der Waals surface area contributed by atoms with Crippen molar-refractivity contribution >= 4 is 33.6 Å². The lowest BCUT2D eigenvalue weighted by Gasteiger charge is -2.28. The number of nitrogens with zero attached hydrogens (tertiary/aromatic N) is 2. The van der Waals surface area contributed by atoms with E-state index in [0.29, 0.717) is 24.6 Å². The summed E-state index contributed by atoms with van der Waals surface area (Å²) in [7, 11) is 0. The summed E-state index contributed by atoms with van der Waals surface area (Å²) in [5, 5.41) is 3.98. The molecule has 0 radical (unpaired) electrons. The third kappa shape index (κ3) is 3.22. The van der Waals surface area contributed by atoms with Gasteiger partial charge in [-0.3, -0.25) is 9.59 Å². The number of nitrogens with one attached hydrogen (secondary N) is 1. The minimum absolute atomic E-state index is 0.0109. The van der Waals surface area contributed by atoms with Gasteiger partial charge in [0.05, 0.1) is 13.2 Å². The lowest BCUT2D eigenvalue weighted by molar-refractivity contribution is 0.101. The van der Waals surface area contributed by atoms with Crippen LogP contribution in [0.25, 0.3) is 0 Å². The predicted octanol–water partition coefficient (Wildman–Crippen LogP) is 1.41. The highest BCUT2D eigenvalue weighted by atomic mass is 32.1. The maximum atomic E-state index is 12.0. The maximum absolute atomic E-state index is 12.0. The normalized spacial score (nSPS) is 14.7.